The van der Waals surface area contributed by atoms with Gasteiger partial charge in [0, 0.05) is 38.8 Å². The summed E-state index contributed by atoms with van der Waals surface area (Å²) >= 11 is 0. The predicted octanol–water partition coefficient (Wildman–Crippen LogP) is 3.37. The minimum absolute atomic E-state index is 0.128. The minimum atomic E-state index is -4.32. The molecule has 1 aliphatic rings. The number of amides is 1. The lowest BCUT2D eigenvalue weighted by molar-refractivity contribution is -0.605. The zero-order valence-electron chi connectivity index (χ0n) is 16.9. The van der Waals surface area contributed by atoms with E-state index in [1.165, 1.54) is 36.7 Å². The van der Waals surface area contributed by atoms with Crippen molar-refractivity contribution >= 4 is 5.91 Å². The van der Waals surface area contributed by atoms with E-state index < -0.39 is 11.7 Å². The third-order valence-electron chi connectivity index (χ3n) is 5.50. The summed E-state index contributed by atoms with van der Waals surface area (Å²) in [6, 6.07) is 8.52. The van der Waals surface area contributed by atoms with Crippen molar-refractivity contribution in [2.75, 3.05) is 33.2 Å². The van der Waals surface area contributed by atoms with E-state index in [0.29, 0.717) is 41.3 Å². The Kier molecular flexibility index (Phi) is 6.97. The first-order chi connectivity index (χ1) is 14.2. The molecule has 1 amide bonds. The number of likely N-dealkylation sites (tertiary alicyclic amines) is 1. The zero-order valence-corrected chi connectivity index (χ0v) is 16.9. The second-order valence-electron chi connectivity index (χ2n) is 7.89. The van der Waals surface area contributed by atoms with Crippen LogP contribution in [0.2, 0.25) is 0 Å². The summed E-state index contributed by atoms with van der Waals surface area (Å²) in [6.45, 7) is 3.02. The van der Waals surface area contributed by atoms with E-state index in [0.717, 1.165) is 32.0 Å². The van der Waals surface area contributed by atoms with Gasteiger partial charge in [-0.1, -0.05) is 18.2 Å². The van der Waals surface area contributed by atoms with Crippen LogP contribution in [-0.4, -0.2) is 48.9 Å². The molecule has 1 atom stereocenters. The largest absolute Gasteiger partial charge is 0.619 e. The number of halogens is 3. The first-order valence-corrected chi connectivity index (χ1v) is 10.0. The Balaban J connectivity index is 1.51. The smallest absolute Gasteiger partial charge is 0.416 e. The zero-order chi connectivity index (χ0) is 21.7. The number of alkyl halides is 3. The van der Waals surface area contributed by atoms with Crippen LogP contribution >= 0.6 is 0 Å². The second kappa shape index (κ2) is 9.47. The summed E-state index contributed by atoms with van der Waals surface area (Å²) < 4.78 is 39.3. The Morgan fingerprint density at radius 3 is 2.70 bits per heavy atom. The molecule has 0 N–H and O–H groups in total. The highest BCUT2D eigenvalue weighted by molar-refractivity contribution is 5.93. The number of carbonyl (C=O) groups excluding carboxylic acids is 1. The molecule has 0 aliphatic carbocycles. The molecule has 8 heteroatoms. The normalized spacial score (nSPS) is 17.7. The van der Waals surface area contributed by atoms with Gasteiger partial charge >= 0.3 is 6.18 Å². The molecule has 30 heavy (non-hydrogen) atoms. The van der Waals surface area contributed by atoms with Crippen molar-refractivity contribution in [3.8, 4) is 0 Å². The van der Waals surface area contributed by atoms with E-state index in [9.17, 15) is 23.2 Å². The number of benzene rings is 1. The SMILES string of the molecule is CN(CC1CCCN(CCc2cccc(C(F)(F)F)c2)C1)C(=O)c1cc[n+]([O-])cc1. The number of piperidine rings is 1. The summed E-state index contributed by atoms with van der Waals surface area (Å²) in [5.74, 6) is 0.180. The topological polar surface area (TPSA) is 50.5 Å². The van der Waals surface area contributed by atoms with E-state index in [4.69, 9.17) is 0 Å². The van der Waals surface area contributed by atoms with Crippen LogP contribution in [0.4, 0.5) is 13.2 Å². The maximum Gasteiger partial charge on any atom is 0.416 e. The van der Waals surface area contributed by atoms with Gasteiger partial charge in [-0.15, -0.1) is 0 Å². The van der Waals surface area contributed by atoms with E-state index in [1.54, 1.807) is 18.0 Å². The third kappa shape index (κ3) is 5.95. The molecule has 0 spiro atoms. The van der Waals surface area contributed by atoms with E-state index in [2.05, 4.69) is 4.90 Å². The van der Waals surface area contributed by atoms with E-state index >= 15 is 0 Å². The Morgan fingerprint density at radius 1 is 1.27 bits per heavy atom. The van der Waals surface area contributed by atoms with Gasteiger partial charge in [-0.2, -0.15) is 17.9 Å². The van der Waals surface area contributed by atoms with E-state index in [-0.39, 0.29) is 5.91 Å². The van der Waals surface area contributed by atoms with Gasteiger partial charge in [0.05, 0.1) is 11.1 Å². The van der Waals surface area contributed by atoms with Gasteiger partial charge in [0.2, 0.25) is 0 Å². The lowest BCUT2D eigenvalue weighted by Crippen LogP contribution is -2.42. The molecule has 5 nitrogen and oxygen atoms in total. The molecule has 0 bridgehead atoms. The number of hydrogen-bond donors (Lipinski definition) is 0. The van der Waals surface area contributed by atoms with Crippen LogP contribution in [0.5, 0.6) is 0 Å². The molecule has 1 fully saturated rings. The quantitative estimate of drug-likeness (QED) is 0.531. The molecule has 2 heterocycles. The van der Waals surface area contributed by atoms with Crippen molar-refractivity contribution < 1.29 is 22.7 Å². The summed E-state index contributed by atoms with van der Waals surface area (Å²) in [5.41, 5.74) is 0.542. The van der Waals surface area contributed by atoms with Gasteiger partial charge in [-0.05, 0) is 43.4 Å². The molecule has 1 unspecified atom stereocenters. The minimum Gasteiger partial charge on any atom is -0.619 e. The average molecular weight is 421 g/mol. The Bertz CT molecular complexity index is 855. The summed E-state index contributed by atoms with van der Waals surface area (Å²) in [6.07, 6.45) is 0.846. The Labute approximate surface area is 174 Å². The van der Waals surface area contributed by atoms with Crippen LogP contribution in [0, 0.1) is 11.1 Å². The van der Waals surface area contributed by atoms with Gasteiger partial charge in [-0.3, -0.25) is 4.79 Å². The van der Waals surface area contributed by atoms with Gasteiger partial charge in [-0.25, -0.2) is 0 Å². The van der Waals surface area contributed by atoms with Crippen molar-refractivity contribution in [3.63, 3.8) is 0 Å². The maximum atomic E-state index is 12.9. The number of nitrogens with zero attached hydrogens (tertiary/aromatic N) is 3. The van der Waals surface area contributed by atoms with Crippen LogP contribution in [0.25, 0.3) is 0 Å². The Morgan fingerprint density at radius 2 is 2.00 bits per heavy atom. The standard InChI is InChI=1S/C22H26F3N3O2/c1-26(21(29)19-8-12-28(30)13-9-19)15-18-5-3-10-27(16-18)11-7-17-4-2-6-20(14-17)22(23,24)25/h2,4,6,8-9,12-14,18H,3,5,7,10-11,15-16H2,1H3. The van der Waals surface area contributed by atoms with Gasteiger partial charge in [0.1, 0.15) is 0 Å². The molecule has 1 aliphatic heterocycles. The summed E-state index contributed by atoms with van der Waals surface area (Å²) in [5, 5.41) is 11.1. The first kappa shape index (κ1) is 22.1. The van der Waals surface area contributed by atoms with Gasteiger partial charge < -0.3 is 15.0 Å². The molecule has 0 saturated carbocycles. The van der Waals surface area contributed by atoms with Gasteiger partial charge in [0.15, 0.2) is 12.4 Å². The highest BCUT2D eigenvalue weighted by Gasteiger charge is 2.30. The second-order valence-corrected chi connectivity index (χ2v) is 7.89. The van der Waals surface area contributed by atoms with Crippen molar-refractivity contribution in [2.45, 2.75) is 25.4 Å². The third-order valence-corrected chi connectivity index (χ3v) is 5.50. The van der Waals surface area contributed by atoms with Crippen molar-refractivity contribution in [3.05, 3.63) is 70.7 Å². The maximum absolute atomic E-state index is 12.9. The molecule has 1 aromatic carbocycles. The molecule has 1 aromatic heterocycles. The fourth-order valence-electron chi connectivity index (χ4n) is 3.94. The molecule has 1 saturated heterocycles. The first-order valence-electron chi connectivity index (χ1n) is 10.0. The van der Waals surface area contributed by atoms with Crippen molar-refractivity contribution in [1.29, 1.82) is 0 Å². The number of carbonyl (C=O) groups is 1. The average Bonchev–Trinajstić information content (AvgIpc) is 2.72. The molecule has 2 aromatic rings. The monoisotopic (exact) mass is 421 g/mol. The van der Waals surface area contributed by atoms with Crippen LogP contribution < -0.4 is 4.73 Å². The highest BCUT2D eigenvalue weighted by atomic mass is 19.4. The number of rotatable bonds is 6. The lowest BCUT2D eigenvalue weighted by atomic mass is 9.96. The lowest BCUT2D eigenvalue weighted by Gasteiger charge is -2.34. The molecule has 0 radical (unpaired) electrons. The predicted molar refractivity (Wildman–Crippen MR) is 107 cm³/mol. The van der Waals surface area contributed by atoms with Crippen LogP contribution in [0.3, 0.4) is 0 Å². The molecular formula is C22H26F3N3O2. The van der Waals surface area contributed by atoms with Crippen molar-refractivity contribution in [2.24, 2.45) is 5.92 Å². The number of hydrogen-bond acceptors (Lipinski definition) is 3. The van der Waals surface area contributed by atoms with Crippen molar-refractivity contribution in [1.82, 2.24) is 9.80 Å². The number of pyridine rings is 1. The summed E-state index contributed by atoms with van der Waals surface area (Å²) in [7, 11) is 1.75. The molecular weight excluding hydrogens is 395 g/mol. The molecule has 3 rings (SSSR count). The molecule has 162 valence electrons. The fraction of sp³-hybridized carbons (Fsp3) is 0.455. The van der Waals surface area contributed by atoms with E-state index in [1.807, 2.05) is 0 Å². The Hall–Kier alpha value is -2.61. The highest BCUT2D eigenvalue weighted by Crippen LogP contribution is 2.29. The van der Waals surface area contributed by atoms with Crippen LogP contribution in [0.1, 0.15) is 34.3 Å². The van der Waals surface area contributed by atoms with Gasteiger partial charge in [0.25, 0.3) is 5.91 Å². The number of aromatic nitrogens is 1. The fourth-order valence-corrected chi connectivity index (χ4v) is 3.94. The summed E-state index contributed by atoms with van der Waals surface area (Å²) in [4.78, 5) is 16.5. The van der Waals surface area contributed by atoms with Crippen LogP contribution in [0.15, 0.2) is 48.8 Å². The van der Waals surface area contributed by atoms with Crippen LogP contribution in [-0.2, 0) is 12.6 Å².